The number of ketones is 1. The van der Waals surface area contributed by atoms with Crippen LogP contribution in [0.2, 0.25) is 0 Å². The Balaban J connectivity index is 2.03. The van der Waals surface area contributed by atoms with Crippen molar-refractivity contribution >= 4 is 5.78 Å². The van der Waals surface area contributed by atoms with E-state index in [1.807, 2.05) is 31.2 Å². The molecule has 2 heteroatoms. The van der Waals surface area contributed by atoms with Crippen LogP contribution in [0, 0.1) is 18.9 Å². The molecule has 0 saturated carbocycles. The maximum atomic E-state index is 11.8. The second-order valence-electron chi connectivity index (χ2n) is 4.48. The van der Waals surface area contributed by atoms with Crippen molar-refractivity contribution in [3.63, 3.8) is 0 Å². The SMILES string of the molecule is Cc1cccc(C(=O)C#CN2CCCCC2)c1. The summed E-state index contributed by atoms with van der Waals surface area (Å²) in [6.07, 6.45) is 3.66. The number of carbonyl (C=O) groups excluding carboxylic acids is 1. The van der Waals surface area contributed by atoms with Gasteiger partial charge in [0.1, 0.15) is 0 Å². The molecule has 0 aromatic heterocycles. The third-order valence-corrected chi connectivity index (χ3v) is 2.96. The van der Waals surface area contributed by atoms with E-state index in [2.05, 4.69) is 16.9 Å². The number of likely N-dealkylation sites (tertiary alicyclic amines) is 1. The molecule has 1 fully saturated rings. The van der Waals surface area contributed by atoms with Gasteiger partial charge in [-0.3, -0.25) is 4.79 Å². The van der Waals surface area contributed by atoms with E-state index in [0.29, 0.717) is 5.56 Å². The second-order valence-corrected chi connectivity index (χ2v) is 4.48. The van der Waals surface area contributed by atoms with Crippen molar-refractivity contribution in [2.75, 3.05) is 13.1 Å². The summed E-state index contributed by atoms with van der Waals surface area (Å²) < 4.78 is 0. The molecule has 1 aliphatic heterocycles. The largest absolute Gasteiger partial charge is 0.332 e. The van der Waals surface area contributed by atoms with Gasteiger partial charge in [-0.2, -0.15) is 0 Å². The van der Waals surface area contributed by atoms with Crippen LogP contribution in [0.1, 0.15) is 35.2 Å². The van der Waals surface area contributed by atoms with Gasteiger partial charge in [-0.15, -0.1) is 0 Å². The molecule has 17 heavy (non-hydrogen) atoms. The first-order chi connectivity index (χ1) is 8.25. The van der Waals surface area contributed by atoms with Gasteiger partial charge in [0.15, 0.2) is 0 Å². The lowest BCUT2D eigenvalue weighted by atomic mass is 10.1. The molecule has 2 nitrogen and oxygen atoms in total. The summed E-state index contributed by atoms with van der Waals surface area (Å²) in [7, 11) is 0. The van der Waals surface area contributed by atoms with E-state index in [4.69, 9.17) is 0 Å². The molecule has 1 heterocycles. The molecule has 0 amide bonds. The lowest BCUT2D eigenvalue weighted by Crippen LogP contribution is -2.25. The quantitative estimate of drug-likeness (QED) is 0.543. The van der Waals surface area contributed by atoms with E-state index in [1.165, 1.54) is 19.3 Å². The van der Waals surface area contributed by atoms with Gasteiger partial charge in [0.25, 0.3) is 0 Å². The molecule has 2 rings (SSSR count). The van der Waals surface area contributed by atoms with Gasteiger partial charge in [-0.25, -0.2) is 0 Å². The third kappa shape index (κ3) is 3.35. The highest BCUT2D eigenvalue weighted by atomic mass is 16.1. The highest BCUT2D eigenvalue weighted by Crippen LogP contribution is 2.07. The minimum absolute atomic E-state index is 0.0840. The molecule has 0 unspecified atom stereocenters. The Bertz CT molecular complexity index is 461. The minimum atomic E-state index is -0.0840. The van der Waals surface area contributed by atoms with Crippen molar-refractivity contribution in [1.82, 2.24) is 4.90 Å². The van der Waals surface area contributed by atoms with Crippen LogP contribution in [0.4, 0.5) is 0 Å². The summed E-state index contributed by atoms with van der Waals surface area (Å²) in [5, 5.41) is 0. The molecule has 0 spiro atoms. The Morgan fingerprint density at radius 3 is 2.71 bits per heavy atom. The molecule has 1 aliphatic rings. The highest BCUT2D eigenvalue weighted by molar-refractivity contribution is 6.09. The molecule has 0 N–H and O–H groups in total. The predicted octanol–water partition coefficient (Wildman–Crippen LogP) is 2.62. The molecule has 0 aliphatic carbocycles. The molecular weight excluding hydrogens is 210 g/mol. The number of hydrogen-bond donors (Lipinski definition) is 0. The first-order valence-electron chi connectivity index (χ1n) is 6.13. The minimum Gasteiger partial charge on any atom is -0.332 e. The van der Waals surface area contributed by atoms with E-state index < -0.39 is 0 Å². The van der Waals surface area contributed by atoms with Crippen molar-refractivity contribution < 1.29 is 4.79 Å². The van der Waals surface area contributed by atoms with Gasteiger partial charge in [0, 0.05) is 24.7 Å². The summed E-state index contributed by atoms with van der Waals surface area (Å²) >= 11 is 0. The molecule has 1 aromatic carbocycles. The molecule has 1 saturated heterocycles. The average Bonchev–Trinajstić information content (AvgIpc) is 2.37. The molecule has 0 atom stereocenters. The van der Waals surface area contributed by atoms with Crippen molar-refractivity contribution in [2.24, 2.45) is 0 Å². The average molecular weight is 227 g/mol. The smallest absolute Gasteiger partial charge is 0.237 e. The third-order valence-electron chi connectivity index (χ3n) is 2.96. The van der Waals surface area contributed by atoms with Gasteiger partial charge in [0.05, 0.1) is 0 Å². The first kappa shape index (κ1) is 11.7. The van der Waals surface area contributed by atoms with Gasteiger partial charge in [0.2, 0.25) is 5.78 Å². The Hall–Kier alpha value is -1.75. The van der Waals surface area contributed by atoms with Crippen molar-refractivity contribution in [3.8, 4) is 12.0 Å². The molecule has 1 aromatic rings. The monoisotopic (exact) mass is 227 g/mol. The highest BCUT2D eigenvalue weighted by Gasteiger charge is 2.06. The maximum absolute atomic E-state index is 11.8. The maximum Gasteiger partial charge on any atom is 0.237 e. The Morgan fingerprint density at radius 2 is 2.00 bits per heavy atom. The predicted molar refractivity (Wildman–Crippen MR) is 68.7 cm³/mol. The zero-order valence-electron chi connectivity index (χ0n) is 10.2. The molecule has 88 valence electrons. The van der Waals surface area contributed by atoms with E-state index >= 15 is 0 Å². The number of nitrogens with zero attached hydrogens (tertiary/aromatic N) is 1. The lowest BCUT2D eigenvalue weighted by molar-refractivity contribution is 0.105. The van der Waals surface area contributed by atoms with Crippen LogP contribution in [0.5, 0.6) is 0 Å². The van der Waals surface area contributed by atoms with Crippen molar-refractivity contribution in [3.05, 3.63) is 35.4 Å². The standard InChI is InChI=1S/C15H17NO/c1-13-6-5-7-14(12-13)15(17)8-11-16-9-3-2-4-10-16/h5-7,12H,2-4,9-10H2,1H3. The van der Waals surface area contributed by atoms with Gasteiger partial charge in [-0.05, 0) is 38.2 Å². The summed E-state index contributed by atoms with van der Waals surface area (Å²) in [6, 6.07) is 10.5. The van der Waals surface area contributed by atoms with E-state index in [9.17, 15) is 4.79 Å². The fraction of sp³-hybridized carbons (Fsp3) is 0.400. The first-order valence-corrected chi connectivity index (χ1v) is 6.13. The number of carbonyl (C=O) groups is 1. The fourth-order valence-electron chi connectivity index (χ4n) is 1.99. The Labute approximate surface area is 103 Å². The van der Waals surface area contributed by atoms with Gasteiger partial charge >= 0.3 is 0 Å². The van der Waals surface area contributed by atoms with Crippen LogP contribution in [0.25, 0.3) is 0 Å². The van der Waals surface area contributed by atoms with Crippen molar-refractivity contribution in [2.45, 2.75) is 26.2 Å². The zero-order chi connectivity index (χ0) is 12.1. The summed E-state index contributed by atoms with van der Waals surface area (Å²) in [6.45, 7) is 3.97. The lowest BCUT2D eigenvalue weighted by Gasteiger charge is -2.21. The summed E-state index contributed by atoms with van der Waals surface area (Å²) in [5.41, 5.74) is 1.78. The second kappa shape index (κ2) is 5.54. The summed E-state index contributed by atoms with van der Waals surface area (Å²) in [5.74, 6) is 2.65. The molecule has 0 bridgehead atoms. The Kier molecular flexibility index (Phi) is 3.82. The van der Waals surface area contributed by atoms with Crippen LogP contribution in [-0.2, 0) is 0 Å². The number of Topliss-reactive ketones (excluding diaryl/α,β-unsaturated/α-hetero) is 1. The Morgan fingerprint density at radius 1 is 1.24 bits per heavy atom. The summed E-state index contributed by atoms with van der Waals surface area (Å²) in [4.78, 5) is 13.9. The van der Waals surface area contributed by atoms with Crippen LogP contribution in [-0.4, -0.2) is 23.8 Å². The number of aryl methyl sites for hydroxylation is 1. The number of rotatable bonds is 1. The number of hydrogen-bond acceptors (Lipinski definition) is 2. The van der Waals surface area contributed by atoms with E-state index in [-0.39, 0.29) is 5.78 Å². The van der Waals surface area contributed by atoms with Crippen LogP contribution >= 0.6 is 0 Å². The zero-order valence-corrected chi connectivity index (χ0v) is 10.2. The topological polar surface area (TPSA) is 20.3 Å². The van der Waals surface area contributed by atoms with Crippen LogP contribution in [0.3, 0.4) is 0 Å². The van der Waals surface area contributed by atoms with Crippen LogP contribution in [0.15, 0.2) is 24.3 Å². The van der Waals surface area contributed by atoms with Gasteiger partial charge < -0.3 is 4.90 Å². The van der Waals surface area contributed by atoms with E-state index in [1.54, 1.807) is 0 Å². The van der Waals surface area contributed by atoms with E-state index in [0.717, 1.165) is 18.7 Å². The normalized spacial score (nSPS) is 15.0. The van der Waals surface area contributed by atoms with Crippen molar-refractivity contribution in [1.29, 1.82) is 0 Å². The fourth-order valence-corrected chi connectivity index (χ4v) is 1.99. The number of piperidine rings is 1. The molecule has 0 radical (unpaired) electrons. The number of benzene rings is 1. The molecular formula is C15H17NO. The van der Waals surface area contributed by atoms with Gasteiger partial charge in [-0.1, -0.05) is 23.8 Å². The van der Waals surface area contributed by atoms with Crippen LogP contribution < -0.4 is 0 Å².